The van der Waals surface area contributed by atoms with Crippen LogP contribution in [0.2, 0.25) is 5.28 Å². The molecule has 0 aromatic carbocycles. The quantitative estimate of drug-likeness (QED) is 0.733. The van der Waals surface area contributed by atoms with Gasteiger partial charge in [-0.3, -0.25) is 4.79 Å². The van der Waals surface area contributed by atoms with E-state index < -0.39 is 5.82 Å². The van der Waals surface area contributed by atoms with E-state index in [0.717, 1.165) is 19.0 Å². The van der Waals surface area contributed by atoms with Crippen molar-refractivity contribution < 1.29 is 9.18 Å². The van der Waals surface area contributed by atoms with E-state index in [1.165, 1.54) is 0 Å². The topological polar surface area (TPSA) is 49.3 Å². The SMILES string of the molecule is CC(=O)N1CCN(c2nc(Cl)ncc2F)CC12CC2. The second-order valence-electron chi connectivity index (χ2n) is 5.13. The first-order chi connectivity index (χ1) is 9.02. The van der Waals surface area contributed by atoms with E-state index in [1.807, 2.05) is 9.80 Å². The third kappa shape index (κ3) is 2.14. The van der Waals surface area contributed by atoms with Gasteiger partial charge in [-0.25, -0.2) is 9.37 Å². The van der Waals surface area contributed by atoms with E-state index in [9.17, 15) is 9.18 Å². The Hall–Kier alpha value is -1.43. The molecule has 1 saturated carbocycles. The molecule has 1 aliphatic carbocycles. The molecule has 0 unspecified atom stereocenters. The van der Waals surface area contributed by atoms with Gasteiger partial charge in [-0.2, -0.15) is 4.98 Å². The first kappa shape index (κ1) is 12.6. The van der Waals surface area contributed by atoms with Crippen molar-refractivity contribution in [3.63, 3.8) is 0 Å². The Labute approximate surface area is 115 Å². The minimum Gasteiger partial charge on any atom is -0.350 e. The van der Waals surface area contributed by atoms with Crippen LogP contribution in [-0.2, 0) is 4.79 Å². The van der Waals surface area contributed by atoms with E-state index in [-0.39, 0.29) is 22.5 Å². The summed E-state index contributed by atoms with van der Waals surface area (Å²) in [5, 5.41) is 0.0373. The predicted molar refractivity (Wildman–Crippen MR) is 68.6 cm³/mol. The average Bonchev–Trinajstić information content (AvgIpc) is 3.11. The van der Waals surface area contributed by atoms with Crippen molar-refractivity contribution in [1.29, 1.82) is 0 Å². The molecule has 7 heteroatoms. The van der Waals surface area contributed by atoms with Gasteiger partial charge in [0.15, 0.2) is 11.6 Å². The summed E-state index contributed by atoms with van der Waals surface area (Å²) in [6, 6.07) is 0. The molecule has 19 heavy (non-hydrogen) atoms. The molecule has 3 rings (SSSR count). The van der Waals surface area contributed by atoms with Crippen molar-refractivity contribution >= 4 is 23.3 Å². The van der Waals surface area contributed by atoms with E-state index in [0.29, 0.717) is 19.6 Å². The molecule has 2 aliphatic rings. The van der Waals surface area contributed by atoms with Crippen molar-refractivity contribution in [2.24, 2.45) is 0 Å². The molecule has 0 radical (unpaired) electrons. The lowest BCUT2D eigenvalue weighted by atomic mass is 10.1. The Morgan fingerprint density at radius 3 is 2.84 bits per heavy atom. The number of hydrogen-bond acceptors (Lipinski definition) is 4. The Balaban J connectivity index is 1.85. The first-order valence-corrected chi connectivity index (χ1v) is 6.61. The lowest BCUT2D eigenvalue weighted by molar-refractivity contribution is -0.132. The first-order valence-electron chi connectivity index (χ1n) is 6.23. The Morgan fingerprint density at radius 1 is 1.47 bits per heavy atom. The van der Waals surface area contributed by atoms with Crippen LogP contribution in [0, 0.1) is 5.82 Å². The summed E-state index contributed by atoms with van der Waals surface area (Å²) in [6.45, 7) is 3.34. The summed E-state index contributed by atoms with van der Waals surface area (Å²) in [4.78, 5) is 22.9. The molecule has 1 aromatic heterocycles. The minimum absolute atomic E-state index is 0.0373. The van der Waals surface area contributed by atoms with Gasteiger partial charge >= 0.3 is 0 Å². The number of rotatable bonds is 1. The van der Waals surface area contributed by atoms with Crippen LogP contribution in [-0.4, -0.2) is 45.9 Å². The third-order valence-electron chi connectivity index (χ3n) is 3.85. The third-order valence-corrected chi connectivity index (χ3v) is 4.04. The lowest BCUT2D eigenvalue weighted by Gasteiger charge is -2.42. The number of halogens is 2. The smallest absolute Gasteiger partial charge is 0.224 e. The van der Waals surface area contributed by atoms with Gasteiger partial charge in [0.1, 0.15) is 0 Å². The maximum atomic E-state index is 13.8. The van der Waals surface area contributed by atoms with Gasteiger partial charge in [0.05, 0.1) is 11.7 Å². The van der Waals surface area contributed by atoms with Crippen LogP contribution in [0.5, 0.6) is 0 Å². The zero-order valence-electron chi connectivity index (χ0n) is 10.6. The van der Waals surface area contributed by atoms with Crippen LogP contribution >= 0.6 is 11.6 Å². The van der Waals surface area contributed by atoms with Crippen LogP contribution in [0.1, 0.15) is 19.8 Å². The van der Waals surface area contributed by atoms with Crippen molar-refractivity contribution in [3.05, 3.63) is 17.3 Å². The number of piperazine rings is 1. The molecular formula is C12H14ClFN4O. The molecule has 1 aliphatic heterocycles. The highest BCUT2D eigenvalue weighted by Gasteiger charge is 2.52. The molecule has 1 spiro atoms. The van der Waals surface area contributed by atoms with Gasteiger partial charge in [0.2, 0.25) is 11.2 Å². The second kappa shape index (κ2) is 4.30. The largest absolute Gasteiger partial charge is 0.350 e. The summed E-state index contributed by atoms with van der Waals surface area (Å²) in [5.41, 5.74) is -0.131. The predicted octanol–water partition coefficient (Wildman–Crippen LogP) is 1.47. The molecule has 0 bridgehead atoms. The summed E-state index contributed by atoms with van der Waals surface area (Å²) < 4.78 is 13.8. The van der Waals surface area contributed by atoms with Gasteiger partial charge < -0.3 is 9.80 Å². The Kier molecular flexibility index (Phi) is 2.85. The fraction of sp³-hybridized carbons (Fsp3) is 0.583. The van der Waals surface area contributed by atoms with E-state index in [1.54, 1.807) is 6.92 Å². The number of carbonyl (C=O) groups is 1. The van der Waals surface area contributed by atoms with E-state index >= 15 is 0 Å². The average molecular weight is 285 g/mol. The number of anilines is 1. The fourth-order valence-corrected chi connectivity index (χ4v) is 2.91. The maximum absolute atomic E-state index is 13.8. The van der Waals surface area contributed by atoms with E-state index in [2.05, 4.69) is 9.97 Å². The molecule has 0 atom stereocenters. The zero-order chi connectivity index (χ0) is 13.6. The highest BCUT2D eigenvalue weighted by molar-refractivity contribution is 6.28. The molecule has 102 valence electrons. The zero-order valence-corrected chi connectivity index (χ0v) is 11.3. The number of nitrogens with zero attached hydrogens (tertiary/aromatic N) is 4. The van der Waals surface area contributed by atoms with Gasteiger partial charge in [0.25, 0.3) is 0 Å². The summed E-state index contributed by atoms with van der Waals surface area (Å²) >= 11 is 5.72. The monoisotopic (exact) mass is 284 g/mol. The normalized spacial score (nSPS) is 20.8. The van der Waals surface area contributed by atoms with Crippen molar-refractivity contribution in [2.75, 3.05) is 24.5 Å². The fourth-order valence-electron chi connectivity index (χ4n) is 2.78. The van der Waals surface area contributed by atoms with E-state index in [4.69, 9.17) is 11.6 Å². The minimum atomic E-state index is -0.475. The molecule has 0 N–H and O–H groups in total. The molecular weight excluding hydrogens is 271 g/mol. The summed E-state index contributed by atoms with van der Waals surface area (Å²) in [6.07, 6.45) is 3.01. The molecule has 5 nitrogen and oxygen atoms in total. The van der Waals surface area contributed by atoms with Crippen molar-refractivity contribution in [3.8, 4) is 0 Å². The standard InChI is InChI=1S/C12H14ClFN4O/c1-8(19)18-5-4-17(7-12(18)2-3-12)10-9(14)6-15-11(13)16-10/h6H,2-5,7H2,1H3. The van der Waals surface area contributed by atoms with Crippen LogP contribution < -0.4 is 4.90 Å². The van der Waals surface area contributed by atoms with Gasteiger partial charge in [-0.15, -0.1) is 0 Å². The molecule has 1 saturated heterocycles. The highest BCUT2D eigenvalue weighted by Crippen LogP contribution is 2.45. The van der Waals surface area contributed by atoms with Gasteiger partial charge in [-0.05, 0) is 24.4 Å². The molecule has 1 aromatic rings. The van der Waals surface area contributed by atoms with Crippen molar-refractivity contribution in [1.82, 2.24) is 14.9 Å². The highest BCUT2D eigenvalue weighted by atomic mass is 35.5. The molecule has 2 fully saturated rings. The van der Waals surface area contributed by atoms with Gasteiger partial charge in [0, 0.05) is 26.6 Å². The number of carbonyl (C=O) groups excluding carboxylic acids is 1. The lowest BCUT2D eigenvalue weighted by Crippen LogP contribution is -2.57. The number of amides is 1. The second-order valence-corrected chi connectivity index (χ2v) is 5.47. The Bertz CT molecular complexity index is 534. The maximum Gasteiger partial charge on any atom is 0.224 e. The molecule has 1 amide bonds. The van der Waals surface area contributed by atoms with Crippen LogP contribution in [0.15, 0.2) is 6.20 Å². The Morgan fingerprint density at radius 2 is 2.21 bits per heavy atom. The van der Waals surface area contributed by atoms with Gasteiger partial charge in [-0.1, -0.05) is 0 Å². The number of aromatic nitrogens is 2. The summed E-state index contributed by atoms with van der Waals surface area (Å²) in [5.74, 6) is -0.163. The number of hydrogen-bond donors (Lipinski definition) is 0. The van der Waals surface area contributed by atoms with Crippen LogP contribution in [0.3, 0.4) is 0 Å². The van der Waals surface area contributed by atoms with Crippen LogP contribution in [0.4, 0.5) is 10.2 Å². The summed E-state index contributed by atoms with van der Waals surface area (Å²) in [7, 11) is 0. The molecule has 2 heterocycles. The van der Waals surface area contributed by atoms with Crippen molar-refractivity contribution in [2.45, 2.75) is 25.3 Å². The van der Waals surface area contributed by atoms with Crippen LogP contribution in [0.25, 0.3) is 0 Å².